The Labute approximate surface area is 181 Å². The second-order valence-corrected chi connectivity index (χ2v) is 8.90. The molecule has 0 spiro atoms. The molecule has 0 saturated carbocycles. The summed E-state index contributed by atoms with van der Waals surface area (Å²) in [5, 5.41) is 15.8. The summed E-state index contributed by atoms with van der Waals surface area (Å²) < 4.78 is 0. The number of aryl methyl sites for hydroxylation is 1. The van der Waals surface area contributed by atoms with E-state index in [0.717, 1.165) is 63.3 Å². The minimum Gasteiger partial charge on any atom is -0.351 e. The predicted octanol–water partition coefficient (Wildman–Crippen LogP) is 5.00. The van der Waals surface area contributed by atoms with Crippen molar-refractivity contribution in [1.29, 1.82) is 0 Å². The van der Waals surface area contributed by atoms with E-state index in [4.69, 9.17) is 0 Å². The largest absolute Gasteiger partial charge is 0.351 e. The van der Waals surface area contributed by atoms with Crippen LogP contribution >= 0.6 is 11.3 Å². The van der Waals surface area contributed by atoms with Crippen LogP contribution in [-0.4, -0.2) is 44.6 Å². The van der Waals surface area contributed by atoms with E-state index in [1.54, 1.807) is 11.3 Å². The van der Waals surface area contributed by atoms with Crippen LogP contribution in [0.4, 0.5) is 5.82 Å². The van der Waals surface area contributed by atoms with Gasteiger partial charge in [-0.25, -0.2) is 4.98 Å². The number of allylic oxidation sites excluding steroid dienone is 1. The van der Waals surface area contributed by atoms with E-state index in [2.05, 4.69) is 81.7 Å². The van der Waals surface area contributed by atoms with Crippen molar-refractivity contribution in [3.8, 4) is 10.6 Å². The van der Waals surface area contributed by atoms with Crippen molar-refractivity contribution in [3.05, 3.63) is 71.9 Å². The monoisotopic (exact) mass is 418 g/mol. The van der Waals surface area contributed by atoms with Crippen LogP contribution in [0.1, 0.15) is 18.9 Å². The minimum atomic E-state index is 0.740. The average molecular weight is 419 g/mol. The Morgan fingerprint density at radius 1 is 1.17 bits per heavy atom. The third-order valence-corrected chi connectivity index (χ3v) is 5.84. The summed E-state index contributed by atoms with van der Waals surface area (Å²) in [7, 11) is 0. The first-order chi connectivity index (χ1) is 14.4. The van der Waals surface area contributed by atoms with Gasteiger partial charge in [0.05, 0.1) is 12.4 Å². The van der Waals surface area contributed by atoms with Crippen LogP contribution in [-0.2, 0) is 0 Å². The van der Waals surface area contributed by atoms with Crippen molar-refractivity contribution in [1.82, 2.24) is 25.0 Å². The normalized spacial score (nSPS) is 14.2. The second kappa shape index (κ2) is 8.28. The highest BCUT2D eigenvalue weighted by atomic mass is 32.1. The summed E-state index contributed by atoms with van der Waals surface area (Å²) in [6.45, 7) is 17.1. The molecule has 30 heavy (non-hydrogen) atoms. The Morgan fingerprint density at radius 2 is 2.00 bits per heavy atom. The number of anilines is 1. The molecule has 2 aromatic heterocycles. The molecule has 1 fully saturated rings. The molecule has 0 aliphatic carbocycles. The summed E-state index contributed by atoms with van der Waals surface area (Å²) >= 11 is 1.60. The fourth-order valence-electron chi connectivity index (χ4n) is 3.46. The van der Waals surface area contributed by atoms with E-state index in [0.29, 0.717) is 0 Å². The van der Waals surface area contributed by atoms with Crippen LogP contribution < -0.4 is 5.32 Å². The maximum Gasteiger partial charge on any atom is 0.147 e. The summed E-state index contributed by atoms with van der Waals surface area (Å²) in [6.07, 6.45) is 4.03. The van der Waals surface area contributed by atoms with Gasteiger partial charge < -0.3 is 15.1 Å². The first-order valence-corrected chi connectivity index (χ1v) is 10.7. The van der Waals surface area contributed by atoms with E-state index >= 15 is 0 Å². The number of nitrogens with zero attached hydrogens (tertiary/aromatic N) is 5. The summed E-state index contributed by atoms with van der Waals surface area (Å²) in [4.78, 5) is 8.97. The summed E-state index contributed by atoms with van der Waals surface area (Å²) in [5.74, 6) is 1.60. The molecule has 1 aliphatic rings. The van der Waals surface area contributed by atoms with Gasteiger partial charge in [-0.3, -0.25) is 0 Å². The first-order valence-electron chi connectivity index (χ1n) is 9.89. The van der Waals surface area contributed by atoms with Crippen LogP contribution in [0.15, 0.2) is 66.9 Å². The number of hydrogen-bond acceptors (Lipinski definition) is 7. The highest BCUT2D eigenvalue weighted by Crippen LogP contribution is 2.28. The van der Waals surface area contributed by atoms with E-state index in [1.807, 2.05) is 19.2 Å². The molecule has 3 aromatic rings. The van der Waals surface area contributed by atoms with Crippen molar-refractivity contribution in [2.45, 2.75) is 20.8 Å². The molecule has 4 rings (SSSR count). The molecular weight excluding hydrogens is 392 g/mol. The fraction of sp³-hybridized carbons (Fsp3) is 0.261. The van der Waals surface area contributed by atoms with E-state index in [-0.39, 0.29) is 0 Å². The van der Waals surface area contributed by atoms with Crippen LogP contribution in [0.2, 0.25) is 0 Å². The van der Waals surface area contributed by atoms with Gasteiger partial charge in [-0.15, -0.1) is 10.2 Å². The smallest absolute Gasteiger partial charge is 0.147 e. The Morgan fingerprint density at radius 3 is 2.70 bits per heavy atom. The zero-order valence-electron chi connectivity index (χ0n) is 17.6. The molecule has 6 nitrogen and oxygen atoms in total. The Kier molecular flexibility index (Phi) is 5.55. The Bertz CT molecular complexity index is 1140. The molecule has 1 saturated heterocycles. The molecule has 154 valence electrons. The van der Waals surface area contributed by atoms with Gasteiger partial charge in [-0.1, -0.05) is 42.2 Å². The zero-order valence-corrected chi connectivity index (χ0v) is 18.5. The maximum absolute atomic E-state index is 4.56. The molecule has 0 bridgehead atoms. The molecule has 0 amide bonds. The molecular formula is C23H26N6S. The molecule has 3 heterocycles. The van der Waals surface area contributed by atoms with Crippen molar-refractivity contribution in [3.63, 3.8) is 0 Å². The molecule has 1 aliphatic heterocycles. The van der Waals surface area contributed by atoms with Crippen molar-refractivity contribution in [2.24, 2.45) is 0 Å². The van der Waals surface area contributed by atoms with Crippen LogP contribution in [0, 0.1) is 6.92 Å². The van der Waals surface area contributed by atoms with Crippen LogP contribution in [0.25, 0.3) is 21.3 Å². The Balaban J connectivity index is 1.49. The van der Waals surface area contributed by atoms with Gasteiger partial charge in [-0.05, 0) is 38.3 Å². The highest BCUT2D eigenvalue weighted by molar-refractivity contribution is 7.14. The Hall–Kier alpha value is -3.19. The lowest BCUT2D eigenvalue weighted by atomic mass is 10.1. The number of fused-ring (bicyclic) bond motifs is 1. The topological polar surface area (TPSA) is 57.2 Å². The standard InChI is InChI=1S/C23H26N6S/c1-15(2)13-28-8-9-29(14-16(28)3)17(4)25-22-11-21-10-19(6-7-20(21)12-24-22)23-27-26-18(5)30-23/h6-7,10-13H,3-4,8-9,14H2,1-2,5H3,(H,24,25). The lowest BCUT2D eigenvalue weighted by Crippen LogP contribution is -2.42. The maximum atomic E-state index is 4.56. The number of hydrogen-bond donors (Lipinski definition) is 1. The average Bonchev–Trinajstić information content (AvgIpc) is 3.15. The summed E-state index contributed by atoms with van der Waals surface area (Å²) in [6, 6.07) is 8.31. The number of benzene rings is 1. The minimum absolute atomic E-state index is 0.740. The van der Waals surface area contributed by atoms with Gasteiger partial charge in [0, 0.05) is 42.1 Å². The van der Waals surface area contributed by atoms with Crippen molar-refractivity contribution >= 4 is 27.9 Å². The van der Waals surface area contributed by atoms with Gasteiger partial charge in [0.1, 0.15) is 15.8 Å². The molecule has 1 N–H and O–H groups in total. The zero-order chi connectivity index (χ0) is 21.3. The number of piperazine rings is 1. The highest BCUT2D eigenvalue weighted by Gasteiger charge is 2.19. The number of rotatable bonds is 5. The fourth-order valence-corrected chi connectivity index (χ4v) is 4.15. The van der Waals surface area contributed by atoms with Gasteiger partial charge in [0.25, 0.3) is 0 Å². The second-order valence-electron chi connectivity index (χ2n) is 7.72. The molecule has 7 heteroatoms. The quantitative estimate of drug-likeness (QED) is 0.629. The lowest BCUT2D eigenvalue weighted by molar-refractivity contribution is 0.255. The third-order valence-electron chi connectivity index (χ3n) is 4.95. The number of nitrogens with one attached hydrogen (secondary N) is 1. The summed E-state index contributed by atoms with van der Waals surface area (Å²) in [5.41, 5.74) is 3.40. The van der Waals surface area contributed by atoms with E-state index in [9.17, 15) is 0 Å². The van der Waals surface area contributed by atoms with Gasteiger partial charge in [0.15, 0.2) is 0 Å². The first kappa shape index (κ1) is 20.1. The number of pyridine rings is 1. The predicted molar refractivity (Wildman–Crippen MR) is 125 cm³/mol. The van der Waals surface area contributed by atoms with Gasteiger partial charge >= 0.3 is 0 Å². The van der Waals surface area contributed by atoms with Gasteiger partial charge in [0.2, 0.25) is 0 Å². The molecule has 0 unspecified atom stereocenters. The molecule has 0 radical (unpaired) electrons. The molecule has 0 atom stereocenters. The van der Waals surface area contributed by atoms with Crippen molar-refractivity contribution < 1.29 is 0 Å². The SMILES string of the molecule is C=C1CN(C(=C)Nc2cc3cc(-c4nnc(C)s4)ccc3cn2)CCN1C=C(C)C. The van der Waals surface area contributed by atoms with E-state index < -0.39 is 0 Å². The van der Waals surface area contributed by atoms with Gasteiger partial charge in [-0.2, -0.15) is 0 Å². The number of aromatic nitrogens is 3. The van der Waals surface area contributed by atoms with Crippen molar-refractivity contribution in [2.75, 3.05) is 25.0 Å². The lowest BCUT2D eigenvalue weighted by Gasteiger charge is -2.38. The van der Waals surface area contributed by atoms with Crippen LogP contribution in [0.5, 0.6) is 0 Å². The molecule has 1 aromatic carbocycles. The van der Waals surface area contributed by atoms with Crippen LogP contribution in [0.3, 0.4) is 0 Å². The van der Waals surface area contributed by atoms with E-state index in [1.165, 1.54) is 5.57 Å². The third kappa shape index (κ3) is 4.36.